The van der Waals surface area contributed by atoms with E-state index in [1.807, 2.05) is 30.3 Å². The molecular formula is C16H13N5O3S. The molecule has 3 aromatic rings. The molecule has 1 N–H and O–H groups in total. The Labute approximate surface area is 147 Å². The maximum Gasteiger partial charge on any atom is 0.311 e. The molecule has 1 heterocycles. The van der Waals surface area contributed by atoms with Crippen LogP contribution in [0.2, 0.25) is 0 Å². The number of aromatic nitrogens is 3. The summed E-state index contributed by atoms with van der Waals surface area (Å²) in [5.41, 5.74) is 1.27. The lowest BCUT2D eigenvalue weighted by Gasteiger charge is -2.01. The maximum atomic E-state index is 10.9. The van der Waals surface area contributed by atoms with E-state index >= 15 is 0 Å². The molecule has 0 aliphatic rings. The number of aromatic hydroxyl groups is 1. The number of nitrogens with zero attached hydrogens (tertiary/aromatic N) is 5. The first-order chi connectivity index (χ1) is 12.1. The van der Waals surface area contributed by atoms with E-state index in [9.17, 15) is 15.2 Å². The van der Waals surface area contributed by atoms with Crippen LogP contribution >= 0.6 is 11.8 Å². The summed E-state index contributed by atoms with van der Waals surface area (Å²) < 4.78 is 1.49. The van der Waals surface area contributed by atoms with Crippen molar-refractivity contribution in [1.82, 2.24) is 14.9 Å². The van der Waals surface area contributed by atoms with Gasteiger partial charge in [-0.3, -0.25) is 10.1 Å². The zero-order valence-electron chi connectivity index (χ0n) is 12.9. The van der Waals surface area contributed by atoms with E-state index in [0.29, 0.717) is 10.7 Å². The summed E-state index contributed by atoms with van der Waals surface area (Å²) in [7, 11) is 0. The van der Waals surface area contributed by atoms with Gasteiger partial charge in [0.1, 0.15) is 6.33 Å². The van der Waals surface area contributed by atoms with Crippen molar-refractivity contribution >= 4 is 23.7 Å². The predicted octanol–water partition coefficient (Wildman–Crippen LogP) is 3.07. The molecule has 0 spiro atoms. The summed E-state index contributed by atoms with van der Waals surface area (Å²) in [6, 6.07) is 14.0. The molecule has 0 amide bonds. The SMILES string of the molecule is O=[N+]([O-])c1cc(/C=N\n2cnnc2SCc2ccccc2)ccc1O. The van der Waals surface area contributed by atoms with E-state index in [0.717, 1.165) is 11.3 Å². The van der Waals surface area contributed by atoms with Gasteiger partial charge < -0.3 is 5.11 Å². The van der Waals surface area contributed by atoms with Gasteiger partial charge in [0.25, 0.3) is 0 Å². The molecule has 8 nitrogen and oxygen atoms in total. The van der Waals surface area contributed by atoms with Crippen molar-refractivity contribution in [2.45, 2.75) is 10.9 Å². The molecule has 0 radical (unpaired) electrons. The maximum absolute atomic E-state index is 10.9. The van der Waals surface area contributed by atoms with Gasteiger partial charge in [0.15, 0.2) is 5.75 Å². The lowest BCUT2D eigenvalue weighted by Crippen LogP contribution is -1.94. The quantitative estimate of drug-likeness (QED) is 0.315. The Kier molecular flexibility index (Phi) is 5.05. The number of phenols is 1. The fourth-order valence-corrected chi connectivity index (χ4v) is 2.83. The molecule has 2 aromatic carbocycles. The van der Waals surface area contributed by atoms with Gasteiger partial charge in [0.05, 0.1) is 11.1 Å². The smallest absolute Gasteiger partial charge is 0.311 e. The Morgan fingerprint density at radius 2 is 2.08 bits per heavy atom. The molecular weight excluding hydrogens is 342 g/mol. The first-order valence-corrected chi connectivity index (χ1v) is 8.20. The highest BCUT2D eigenvalue weighted by Gasteiger charge is 2.13. The number of hydrogen-bond acceptors (Lipinski definition) is 7. The number of rotatable bonds is 6. The highest BCUT2D eigenvalue weighted by molar-refractivity contribution is 7.98. The van der Waals surface area contributed by atoms with Gasteiger partial charge in [-0.05, 0) is 17.7 Å². The van der Waals surface area contributed by atoms with Crippen molar-refractivity contribution < 1.29 is 10.0 Å². The third kappa shape index (κ3) is 4.21. The monoisotopic (exact) mass is 355 g/mol. The average Bonchev–Trinajstić information content (AvgIpc) is 3.07. The Balaban J connectivity index is 1.73. The molecule has 0 bridgehead atoms. The van der Waals surface area contributed by atoms with Crippen LogP contribution in [-0.2, 0) is 5.75 Å². The number of benzene rings is 2. The second-order valence-corrected chi connectivity index (χ2v) is 5.92. The fraction of sp³-hybridized carbons (Fsp3) is 0.0625. The van der Waals surface area contributed by atoms with Crippen LogP contribution in [0.15, 0.2) is 65.1 Å². The van der Waals surface area contributed by atoms with Gasteiger partial charge in [0, 0.05) is 17.4 Å². The lowest BCUT2D eigenvalue weighted by atomic mass is 10.2. The highest BCUT2D eigenvalue weighted by atomic mass is 32.2. The van der Waals surface area contributed by atoms with Crippen LogP contribution in [0, 0.1) is 10.1 Å². The Morgan fingerprint density at radius 3 is 2.84 bits per heavy atom. The largest absolute Gasteiger partial charge is 0.502 e. The molecule has 0 atom stereocenters. The van der Waals surface area contributed by atoms with E-state index < -0.39 is 4.92 Å². The summed E-state index contributed by atoms with van der Waals surface area (Å²) >= 11 is 1.48. The molecule has 25 heavy (non-hydrogen) atoms. The third-order valence-electron chi connectivity index (χ3n) is 3.24. The molecule has 0 saturated heterocycles. The molecule has 126 valence electrons. The summed E-state index contributed by atoms with van der Waals surface area (Å²) in [6.07, 6.45) is 2.90. The molecule has 9 heteroatoms. The third-order valence-corrected chi connectivity index (χ3v) is 4.24. The Morgan fingerprint density at radius 1 is 1.28 bits per heavy atom. The van der Waals surface area contributed by atoms with Crippen molar-refractivity contribution in [3.8, 4) is 5.75 Å². The standard InChI is InChI=1S/C16H13N5O3S/c22-15-7-6-13(8-14(15)21(23)24)9-18-20-11-17-19-16(20)25-10-12-4-2-1-3-5-12/h1-9,11,22H,10H2/b18-9-. The number of nitro groups is 1. The molecule has 3 rings (SSSR count). The van der Waals surface area contributed by atoms with Gasteiger partial charge in [-0.2, -0.15) is 9.78 Å². The van der Waals surface area contributed by atoms with Gasteiger partial charge in [-0.1, -0.05) is 42.1 Å². The average molecular weight is 355 g/mol. The minimum Gasteiger partial charge on any atom is -0.502 e. The zero-order chi connectivity index (χ0) is 17.6. The van der Waals surface area contributed by atoms with E-state index in [4.69, 9.17) is 0 Å². The van der Waals surface area contributed by atoms with Crippen LogP contribution in [0.25, 0.3) is 0 Å². The van der Waals surface area contributed by atoms with Crippen LogP contribution in [0.4, 0.5) is 5.69 Å². The van der Waals surface area contributed by atoms with Crippen molar-refractivity contribution in [1.29, 1.82) is 0 Å². The summed E-state index contributed by atoms with van der Waals surface area (Å²) in [5, 5.41) is 33.0. The van der Waals surface area contributed by atoms with Gasteiger partial charge in [-0.15, -0.1) is 10.2 Å². The molecule has 0 fully saturated rings. The van der Waals surface area contributed by atoms with Gasteiger partial charge >= 0.3 is 5.69 Å². The molecule has 0 saturated carbocycles. The van der Waals surface area contributed by atoms with Crippen molar-refractivity contribution in [2.24, 2.45) is 5.10 Å². The Hall–Kier alpha value is -3.20. The number of nitro benzene ring substituents is 1. The summed E-state index contributed by atoms with van der Waals surface area (Å²) in [4.78, 5) is 10.2. The Bertz CT molecular complexity index is 911. The van der Waals surface area contributed by atoms with E-state index in [1.54, 1.807) is 0 Å². The van der Waals surface area contributed by atoms with Gasteiger partial charge in [-0.25, -0.2) is 0 Å². The number of phenolic OH excluding ortho intramolecular Hbond substituents is 1. The van der Waals surface area contributed by atoms with Crippen molar-refractivity contribution in [2.75, 3.05) is 0 Å². The second-order valence-electron chi connectivity index (χ2n) is 4.98. The minimum atomic E-state index is -0.646. The van der Waals surface area contributed by atoms with E-state index in [2.05, 4.69) is 15.3 Å². The van der Waals surface area contributed by atoms with Crippen LogP contribution < -0.4 is 0 Å². The number of hydrogen-bond donors (Lipinski definition) is 1. The normalized spacial score (nSPS) is 11.0. The van der Waals surface area contributed by atoms with Crippen LogP contribution in [-0.4, -0.2) is 31.1 Å². The lowest BCUT2D eigenvalue weighted by molar-refractivity contribution is -0.385. The summed E-state index contributed by atoms with van der Waals surface area (Å²) in [6.45, 7) is 0. The molecule has 1 aromatic heterocycles. The van der Waals surface area contributed by atoms with Crippen molar-refractivity contribution in [3.63, 3.8) is 0 Å². The van der Waals surface area contributed by atoms with Crippen LogP contribution in [0.3, 0.4) is 0 Å². The van der Waals surface area contributed by atoms with Crippen LogP contribution in [0.5, 0.6) is 5.75 Å². The van der Waals surface area contributed by atoms with E-state index in [-0.39, 0.29) is 11.4 Å². The van der Waals surface area contributed by atoms with E-state index in [1.165, 1.54) is 47.2 Å². The molecule has 0 unspecified atom stereocenters. The van der Waals surface area contributed by atoms with Crippen molar-refractivity contribution in [3.05, 3.63) is 76.1 Å². The second kappa shape index (κ2) is 7.58. The molecule has 0 aliphatic carbocycles. The first kappa shape index (κ1) is 16.7. The van der Waals surface area contributed by atoms with Crippen LogP contribution in [0.1, 0.15) is 11.1 Å². The van der Waals surface area contributed by atoms with Gasteiger partial charge in [0.2, 0.25) is 5.16 Å². The fourth-order valence-electron chi connectivity index (χ4n) is 2.01. The first-order valence-electron chi connectivity index (χ1n) is 7.22. The topological polar surface area (TPSA) is 106 Å². The number of thioether (sulfide) groups is 1. The minimum absolute atomic E-state index is 0.369. The highest BCUT2D eigenvalue weighted by Crippen LogP contribution is 2.25. The summed E-state index contributed by atoms with van der Waals surface area (Å²) in [5.74, 6) is 0.338. The molecule has 0 aliphatic heterocycles. The zero-order valence-corrected chi connectivity index (χ0v) is 13.7. The predicted molar refractivity (Wildman–Crippen MR) is 93.8 cm³/mol.